The lowest BCUT2D eigenvalue weighted by Gasteiger charge is -2.02. The quantitative estimate of drug-likeness (QED) is 0.804. The van der Waals surface area contributed by atoms with Crippen LogP contribution in [0.25, 0.3) is 0 Å². The average molecular weight is 306 g/mol. The molecule has 20 heavy (non-hydrogen) atoms. The average Bonchev–Trinajstić information content (AvgIpc) is 2.78. The largest absolute Gasteiger partial charge is 0.326 e. The Balaban J connectivity index is 2.04. The number of aryl methyl sites for hydroxylation is 1. The molecule has 2 aromatic rings. The summed E-state index contributed by atoms with van der Waals surface area (Å²) in [6, 6.07) is 8.61. The highest BCUT2D eigenvalue weighted by Crippen LogP contribution is 2.28. The van der Waals surface area contributed by atoms with Gasteiger partial charge in [-0.1, -0.05) is 31.5 Å². The van der Waals surface area contributed by atoms with Crippen molar-refractivity contribution in [2.45, 2.75) is 44.4 Å². The van der Waals surface area contributed by atoms with Crippen molar-refractivity contribution in [2.24, 2.45) is 11.7 Å². The lowest BCUT2D eigenvalue weighted by atomic mass is 10.1. The number of hydrogen-bond donors (Lipinski definition) is 1. The van der Waals surface area contributed by atoms with E-state index in [1.807, 2.05) is 11.8 Å². The van der Waals surface area contributed by atoms with Gasteiger partial charge in [0.2, 0.25) is 0 Å². The topological polar surface area (TPSA) is 38.9 Å². The molecule has 1 aromatic heterocycles. The first kappa shape index (κ1) is 15.5. The summed E-state index contributed by atoms with van der Waals surface area (Å²) >= 11 is 3.61. The van der Waals surface area contributed by atoms with Crippen LogP contribution in [0.2, 0.25) is 0 Å². The second-order valence-corrected chi connectivity index (χ2v) is 7.60. The zero-order valence-corrected chi connectivity index (χ0v) is 14.0. The van der Waals surface area contributed by atoms with Gasteiger partial charge in [-0.3, -0.25) is 0 Å². The van der Waals surface area contributed by atoms with Crippen LogP contribution in [0.4, 0.5) is 0 Å². The lowest BCUT2D eigenvalue weighted by molar-refractivity contribution is 0.633. The summed E-state index contributed by atoms with van der Waals surface area (Å²) in [4.78, 5) is 7.33. The Labute approximate surface area is 129 Å². The number of nitrogens with zero attached hydrogens (tertiary/aromatic N) is 1. The molecule has 0 amide bonds. The van der Waals surface area contributed by atoms with Crippen LogP contribution >= 0.6 is 23.1 Å². The van der Waals surface area contributed by atoms with Gasteiger partial charge >= 0.3 is 0 Å². The highest BCUT2D eigenvalue weighted by molar-refractivity contribution is 7.98. The molecule has 0 aliphatic heterocycles. The first-order valence-corrected chi connectivity index (χ1v) is 8.75. The van der Waals surface area contributed by atoms with Gasteiger partial charge in [0.05, 0.1) is 11.4 Å². The molecule has 1 aromatic carbocycles. The van der Waals surface area contributed by atoms with Gasteiger partial charge in [-0.15, -0.1) is 23.1 Å². The van der Waals surface area contributed by atoms with Gasteiger partial charge in [0, 0.05) is 16.3 Å². The summed E-state index contributed by atoms with van der Waals surface area (Å²) in [6.07, 6.45) is 1.03. The summed E-state index contributed by atoms with van der Waals surface area (Å²) in [5, 5.41) is 1.19. The zero-order chi connectivity index (χ0) is 14.5. The standard InChI is InChI=1S/C16H22N2S2/c1-11(2)7-14-15(9-17)20-16(18-14)10-19-13-6-4-5-12(3)8-13/h4-6,8,11H,7,9-10,17H2,1-3H3. The molecule has 0 aliphatic carbocycles. The number of rotatable bonds is 6. The van der Waals surface area contributed by atoms with E-state index < -0.39 is 0 Å². The minimum absolute atomic E-state index is 0.606. The molecule has 108 valence electrons. The van der Waals surface area contributed by atoms with Crippen molar-refractivity contribution >= 4 is 23.1 Å². The highest BCUT2D eigenvalue weighted by atomic mass is 32.2. The van der Waals surface area contributed by atoms with Crippen molar-refractivity contribution in [1.29, 1.82) is 0 Å². The maximum absolute atomic E-state index is 5.83. The van der Waals surface area contributed by atoms with E-state index in [0.717, 1.165) is 12.2 Å². The molecule has 2 N–H and O–H groups in total. The molecule has 1 heterocycles. The molecule has 0 radical (unpaired) electrons. The second kappa shape index (κ2) is 7.25. The van der Waals surface area contributed by atoms with E-state index in [1.165, 1.54) is 26.0 Å². The molecule has 0 unspecified atom stereocenters. The molecule has 0 atom stereocenters. The third kappa shape index (κ3) is 4.33. The molecule has 0 bridgehead atoms. The van der Waals surface area contributed by atoms with E-state index in [4.69, 9.17) is 10.7 Å². The Kier molecular flexibility index (Phi) is 5.64. The monoisotopic (exact) mass is 306 g/mol. The summed E-state index contributed by atoms with van der Waals surface area (Å²) in [7, 11) is 0. The molecule has 4 heteroatoms. The molecule has 0 fully saturated rings. The molecule has 0 saturated carbocycles. The van der Waals surface area contributed by atoms with Crippen LogP contribution in [0.1, 0.15) is 35.0 Å². The van der Waals surface area contributed by atoms with Gasteiger partial charge in [-0.2, -0.15) is 0 Å². The molecular formula is C16H22N2S2. The number of benzene rings is 1. The van der Waals surface area contributed by atoms with E-state index in [2.05, 4.69) is 45.0 Å². The van der Waals surface area contributed by atoms with Crippen LogP contribution in [0, 0.1) is 12.8 Å². The Morgan fingerprint density at radius 2 is 2.15 bits per heavy atom. The lowest BCUT2D eigenvalue weighted by Crippen LogP contribution is -2.02. The maximum atomic E-state index is 5.83. The Bertz CT molecular complexity index is 561. The van der Waals surface area contributed by atoms with E-state index >= 15 is 0 Å². The van der Waals surface area contributed by atoms with Crippen molar-refractivity contribution in [3.8, 4) is 0 Å². The maximum Gasteiger partial charge on any atom is 0.103 e. The third-order valence-corrected chi connectivity index (χ3v) is 5.27. The molecule has 0 saturated heterocycles. The van der Waals surface area contributed by atoms with Crippen molar-refractivity contribution in [3.05, 3.63) is 45.4 Å². The van der Waals surface area contributed by atoms with Crippen LogP contribution in [0.5, 0.6) is 0 Å². The van der Waals surface area contributed by atoms with Crippen molar-refractivity contribution in [1.82, 2.24) is 4.98 Å². The fourth-order valence-electron chi connectivity index (χ4n) is 2.05. The molecule has 2 rings (SSSR count). The van der Waals surface area contributed by atoms with Crippen LogP contribution in [-0.4, -0.2) is 4.98 Å². The summed E-state index contributed by atoms with van der Waals surface area (Å²) in [6.45, 7) is 7.18. The zero-order valence-electron chi connectivity index (χ0n) is 12.3. The minimum atomic E-state index is 0.606. The summed E-state index contributed by atoms with van der Waals surface area (Å²) in [5.41, 5.74) is 8.33. The number of hydrogen-bond acceptors (Lipinski definition) is 4. The fraction of sp³-hybridized carbons (Fsp3) is 0.438. The first-order chi connectivity index (χ1) is 9.58. The predicted molar refractivity (Wildman–Crippen MR) is 89.3 cm³/mol. The van der Waals surface area contributed by atoms with Crippen molar-refractivity contribution in [3.63, 3.8) is 0 Å². The number of aromatic nitrogens is 1. The van der Waals surface area contributed by atoms with E-state index in [9.17, 15) is 0 Å². The molecule has 0 aliphatic rings. The minimum Gasteiger partial charge on any atom is -0.326 e. The van der Waals surface area contributed by atoms with Crippen molar-refractivity contribution in [2.75, 3.05) is 0 Å². The Hall–Kier alpha value is -0.840. The SMILES string of the molecule is Cc1cccc(SCc2nc(CC(C)C)c(CN)s2)c1. The smallest absolute Gasteiger partial charge is 0.103 e. The number of nitrogens with two attached hydrogens (primary N) is 1. The van der Waals surface area contributed by atoms with E-state index in [-0.39, 0.29) is 0 Å². The molecule has 2 nitrogen and oxygen atoms in total. The fourth-order valence-corrected chi connectivity index (χ4v) is 4.04. The first-order valence-electron chi connectivity index (χ1n) is 6.95. The normalized spacial score (nSPS) is 11.2. The highest BCUT2D eigenvalue weighted by Gasteiger charge is 2.11. The van der Waals surface area contributed by atoms with Gasteiger partial charge in [-0.25, -0.2) is 4.98 Å². The Morgan fingerprint density at radius 3 is 2.80 bits per heavy atom. The van der Waals surface area contributed by atoms with Crippen LogP contribution in [0.15, 0.2) is 29.2 Å². The summed E-state index contributed by atoms with van der Waals surface area (Å²) in [5.74, 6) is 1.55. The molecule has 0 spiro atoms. The van der Waals surface area contributed by atoms with Crippen LogP contribution < -0.4 is 5.73 Å². The second-order valence-electron chi connectivity index (χ2n) is 5.38. The Morgan fingerprint density at radius 1 is 1.35 bits per heavy atom. The van der Waals surface area contributed by atoms with Gasteiger partial charge in [0.15, 0.2) is 0 Å². The van der Waals surface area contributed by atoms with Gasteiger partial charge in [0.1, 0.15) is 5.01 Å². The third-order valence-electron chi connectivity index (χ3n) is 2.96. The van der Waals surface area contributed by atoms with E-state index in [0.29, 0.717) is 12.5 Å². The van der Waals surface area contributed by atoms with Crippen LogP contribution in [0.3, 0.4) is 0 Å². The van der Waals surface area contributed by atoms with E-state index in [1.54, 1.807) is 11.3 Å². The molecular weight excluding hydrogens is 284 g/mol. The number of thioether (sulfide) groups is 1. The summed E-state index contributed by atoms with van der Waals surface area (Å²) < 4.78 is 0. The van der Waals surface area contributed by atoms with Gasteiger partial charge < -0.3 is 5.73 Å². The predicted octanol–water partition coefficient (Wildman–Crippen LogP) is 4.40. The number of thiazole rings is 1. The van der Waals surface area contributed by atoms with Crippen LogP contribution in [-0.2, 0) is 18.7 Å². The van der Waals surface area contributed by atoms with Crippen molar-refractivity contribution < 1.29 is 0 Å². The van der Waals surface area contributed by atoms with Gasteiger partial charge in [-0.05, 0) is 31.4 Å². The van der Waals surface area contributed by atoms with Gasteiger partial charge in [0.25, 0.3) is 0 Å².